The van der Waals surface area contributed by atoms with Crippen molar-refractivity contribution in [2.24, 2.45) is 14.1 Å². The zero-order valence-corrected chi connectivity index (χ0v) is 15.6. The van der Waals surface area contributed by atoms with Crippen LogP contribution in [0, 0.1) is 10.1 Å². The van der Waals surface area contributed by atoms with Crippen molar-refractivity contribution < 1.29 is 36.3 Å². The Morgan fingerprint density at radius 2 is 1.65 bits per heavy atom. The predicted octanol–water partition coefficient (Wildman–Crippen LogP) is 0.265. The molecule has 0 aliphatic carbocycles. The second-order valence-electron chi connectivity index (χ2n) is 6.61. The van der Waals surface area contributed by atoms with Crippen molar-refractivity contribution in [2.45, 2.75) is 17.9 Å². The molecule has 2 N–H and O–H groups in total. The highest BCUT2D eigenvalue weighted by molar-refractivity contribution is 6.05. The van der Waals surface area contributed by atoms with E-state index in [2.05, 4.69) is 5.32 Å². The van der Waals surface area contributed by atoms with Crippen LogP contribution in [-0.2, 0) is 19.6 Å². The molecule has 166 valence electrons. The van der Waals surface area contributed by atoms with Gasteiger partial charge in [-0.25, -0.2) is 15.1 Å². The Morgan fingerprint density at radius 3 is 2.16 bits per heavy atom. The first-order valence-corrected chi connectivity index (χ1v) is 8.24. The number of alkyl halides is 6. The molecule has 1 aromatic heterocycles. The van der Waals surface area contributed by atoms with E-state index in [1.165, 1.54) is 4.99 Å². The van der Waals surface area contributed by atoms with Crippen LogP contribution < -0.4 is 21.6 Å². The van der Waals surface area contributed by atoms with E-state index in [9.17, 15) is 46.0 Å². The van der Waals surface area contributed by atoms with Crippen LogP contribution >= 0.6 is 0 Å². The molecule has 0 amide bonds. The van der Waals surface area contributed by atoms with E-state index in [4.69, 9.17) is 0 Å². The molecule has 9 nitrogen and oxygen atoms in total. The van der Waals surface area contributed by atoms with Crippen molar-refractivity contribution in [2.75, 3.05) is 5.32 Å². The standard InChI is InChI=1S/C16H11F6N5O4/c1-25-11-9(12(28)26(2)13(25)29)14(15(17,18)19,16(20,21)22)24-10(23-11)7-4-3-5-8(6-7)27(30)31/h3-6H,1-2H3,(H,23,24)/p+1. The number of amidine groups is 1. The molecule has 0 saturated carbocycles. The highest BCUT2D eigenvalue weighted by Gasteiger charge is 2.78. The van der Waals surface area contributed by atoms with Crippen LogP contribution in [0.25, 0.3) is 0 Å². The van der Waals surface area contributed by atoms with E-state index < -0.39 is 62.5 Å². The van der Waals surface area contributed by atoms with E-state index in [1.54, 1.807) is 0 Å². The molecule has 0 radical (unpaired) electrons. The summed E-state index contributed by atoms with van der Waals surface area (Å²) in [5, 5.41) is 13.2. The fourth-order valence-electron chi connectivity index (χ4n) is 3.23. The molecule has 1 aromatic carbocycles. The second kappa shape index (κ2) is 6.68. The van der Waals surface area contributed by atoms with Gasteiger partial charge in [-0.1, -0.05) is 6.07 Å². The number of rotatable bonds is 2. The molecular formula is C16H12F6N5O4+. The predicted molar refractivity (Wildman–Crippen MR) is 92.5 cm³/mol. The lowest BCUT2D eigenvalue weighted by Gasteiger charge is -2.35. The molecule has 0 atom stereocenters. The number of hydrogen-bond acceptors (Lipinski definition) is 5. The Morgan fingerprint density at radius 1 is 1.06 bits per heavy atom. The van der Waals surface area contributed by atoms with E-state index >= 15 is 0 Å². The largest absolute Gasteiger partial charge is 0.446 e. The van der Waals surface area contributed by atoms with Gasteiger partial charge in [0, 0.05) is 26.2 Å². The van der Waals surface area contributed by atoms with Crippen LogP contribution in [-0.4, -0.2) is 32.2 Å². The van der Waals surface area contributed by atoms with Crippen molar-refractivity contribution in [1.82, 2.24) is 9.13 Å². The molecule has 1 aliphatic heterocycles. The third-order valence-electron chi connectivity index (χ3n) is 4.79. The summed E-state index contributed by atoms with van der Waals surface area (Å²) in [6.07, 6.45) is -12.2. The highest BCUT2D eigenvalue weighted by Crippen LogP contribution is 2.48. The average Bonchev–Trinajstić information content (AvgIpc) is 2.67. The fourth-order valence-corrected chi connectivity index (χ4v) is 3.23. The lowest BCUT2D eigenvalue weighted by atomic mass is 9.87. The maximum absolute atomic E-state index is 14.0. The number of hydrogen-bond donors (Lipinski definition) is 2. The van der Waals surface area contributed by atoms with Gasteiger partial charge in [-0.05, 0) is 6.07 Å². The van der Waals surface area contributed by atoms with Crippen molar-refractivity contribution in [3.8, 4) is 0 Å². The third-order valence-corrected chi connectivity index (χ3v) is 4.79. The van der Waals surface area contributed by atoms with Crippen LogP contribution in [0.2, 0.25) is 0 Å². The van der Waals surface area contributed by atoms with Gasteiger partial charge in [-0.2, -0.15) is 26.3 Å². The summed E-state index contributed by atoms with van der Waals surface area (Å²) in [5.74, 6) is -1.99. The second-order valence-corrected chi connectivity index (χ2v) is 6.61. The molecule has 2 heterocycles. The van der Waals surface area contributed by atoms with Gasteiger partial charge < -0.3 is 0 Å². The number of nitro groups is 1. The van der Waals surface area contributed by atoms with Gasteiger partial charge in [-0.3, -0.25) is 24.0 Å². The number of nitrogens with one attached hydrogen (secondary N) is 2. The first-order chi connectivity index (χ1) is 14.1. The Hall–Kier alpha value is -3.65. The Kier molecular flexibility index (Phi) is 4.75. The number of non-ortho nitro benzene ring substituents is 1. The Bertz CT molecular complexity index is 1230. The minimum Gasteiger partial charge on any atom is -0.268 e. The molecule has 0 saturated heterocycles. The van der Waals surface area contributed by atoms with Gasteiger partial charge in [-0.15, -0.1) is 0 Å². The quantitative estimate of drug-likeness (QED) is 0.386. The zero-order valence-electron chi connectivity index (χ0n) is 15.6. The van der Waals surface area contributed by atoms with Crippen LogP contribution in [0.15, 0.2) is 33.9 Å². The molecule has 0 spiro atoms. The van der Waals surface area contributed by atoms with Crippen molar-refractivity contribution >= 4 is 17.3 Å². The summed E-state index contributed by atoms with van der Waals surface area (Å²) in [4.78, 5) is 36.0. The van der Waals surface area contributed by atoms with E-state index in [0.29, 0.717) is 4.57 Å². The zero-order chi connectivity index (χ0) is 23.5. The van der Waals surface area contributed by atoms with Gasteiger partial charge in [0.1, 0.15) is 5.56 Å². The molecule has 0 fully saturated rings. The minimum atomic E-state index is -6.10. The highest BCUT2D eigenvalue weighted by atomic mass is 19.4. The molecule has 0 bridgehead atoms. The number of anilines is 1. The summed E-state index contributed by atoms with van der Waals surface area (Å²) in [5.41, 5.74) is -10.7. The maximum atomic E-state index is 14.0. The van der Waals surface area contributed by atoms with E-state index in [0.717, 1.165) is 38.4 Å². The molecule has 3 rings (SSSR count). The molecule has 1 aliphatic rings. The van der Waals surface area contributed by atoms with E-state index in [1.807, 2.05) is 0 Å². The molecule has 2 aromatic rings. The maximum Gasteiger partial charge on any atom is 0.446 e. The summed E-state index contributed by atoms with van der Waals surface area (Å²) >= 11 is 0. The SMILES string of the molecule is Cn1c2c(c(=O)n(C)c1=O)C(C(F)(F)F)(C(F)(F)F)[NH+]=C(c1cccc([N+](=O)[O-])c1)N2. The topological polar surface area (TPSA) is 113 Å². The van der Waals surface area contributed by atoms with Crippen LogP contribution in [0.3, 0.4) is 0 Å². The number of benzene rings is 1. The molecular weight excluding hydrogens is 440 g/mol. The van der Waals surface area contributed by atoms with Gasteiger partial charge >= 0.3 is 23.6 Å². The fraction of sp³-hybridized carbons (Fsp3) is 0.312. The lowest BCUT2D eigenvalue weighted by molar-refractivity contribution is -0.658. The summed E-state index contributed by atoms with van der Waals surface area (Å²) in [7, 11) is 1.61. The molecule has 15 heteroatoms. The third kappa shape index (κ3) is 3.07. The van der Waals surface area contributed by atoms with Gasteiger partial charge in [0.2, 0.25) is 5.82 Å². The smallest absolute Gasteiger partial charge is 0.268 e. The number of halogens is 6. The first-order valence-electron chi connectivity index (χ1n) is 8.24. The number of nitrogens with zero attached hydrogens (tertiary/aromatic N) is 3. The normalized spacial score (nSPS) is 15.7. The van der Waals surface area contributed by atoms with E-state index in [-0.39, 0.29) is 4.57 Å². The van der Waals surface area contributed by atoms with Crippen molar-refractivity contribution in [3.05, 3.63) is 66.3 Å². The Labute approximate surface area is 167 Å². The first kappa shape index (κ1) is 22.0. The monoisotopic (exact) mass is 452 g/mol. The number of fused-ring (bicyclic) bond motifs is 1. The van der Waals surface area contributed by atoms with Crippen LogP contribution in [0.4, 0.5) is 37.8 Å². The molecule has 31 heavy (non-hydrogen) atoms. The summed E-state index contributed by atoms with van der Waals surface area (Å²) in [6, 6.07) is 3.78. The van der Waals surface area contributed by atoms with Crippen LogP contribution in [0.1, 0.15) is 11.1 Å². The lowest BCUT2D eigenvalue weighted by Crippen LogP contribution is -2.97. The minimum absolute atomic E-state index is 0.118. The summed E-state index contributed by atoms with van der Waals surface area (Å²) in [6.45, 7) is 0. The number of nitro benzene ring substituents is 1. The molecule has 0 unspecified atom stereocenters. The van der Waals surface area contributed by atoms with Gasteiger partial charge in [0.05, 0.1) is 10.5 Å². The van der Waals surface area contributed by atoms with Crippen LogP contribution in [0.5, 0.6) is 0 Å². The van der Waals surface area contributed by atoms with Gasteiger partial charge in [0.15, 0.2) is 0 Å². The Balaban J connectivity index is 2.51. The summed E-state index contributed by atoms with van der Waals surface area (Å²) < 4.78 is 84.8. The van der Waals surface area contributed by atoms with Gasteiger partial charge in [0.25, 0.3) is 17.1 Å². The van der Waals surface area contributed by atoms with Crippen molar-refractivity contribution in [1.29, 1.82) is 0 Å². The van der Waals surface area contributed by atoms with Crippen molar-refractivity contribution in [3.63, 3.8) is 0 Å². The number of aromatic nitrogens is 2. The average molecular weight is 452 g/mol.